The molecule has 0 aliphatic rings. The van der Waals surface area contributed by atoms with Crippen LogP contribution in [0.2, 0.25) is 0 Å². The molecule has 0 atom stereocenters. The molecule has 0 saturated heterocycles. The van der Waals surface area contributed by atoms with E-state index in [0.717, 1.165) is 11.1 Å². The smallest absolute Gasteiger partial charge is 0.259 e. The van der Waals surface area contributed by atoms with E-state index in [9.17, 15) is 9.59 Å². The van der Waals surface area contributed by atoms with E-state index in [1.165, 1.54) is 6.21 Å². The van der Waals surface area contributed by atoms with Gasteiger partial charge in [0.1, 0.15) is 5.75 Å². The average Bonchev–Trinajstić information content (AvgIpc) is 2.60. The first-order valence-electron chi connectivity index (χ1n) is 7.40. The standard InChI is InChI=1S/C18H19N3O3/c1-13-7-9-14(10-8-13)18(23)19-12-17(22)21-20-11-15-5-3-4-6-16(15)24-2/h3-11H,12H2,1-2H3,(H,19,23)(H,21,22). The number of nitrogens with one attached hydrogen (secondary N) is 2. The third kappa shape index (κ3) is 4.95. The van der Waals surface area contributed by atoms with Crippen molar-refractivity contribution in [1.82, 2.24) is 10.7 Å². The molecule has 0 aliphatic carbocycles. The second kappa shape index (κ2) is 8.47. The van der Waals surface area contributed by atoms with Crippen molar-refractivity contribution in [1.29, 1.82) is 0 Å². The van der Waals surface area contributed by atoms with Gasteiger partial charge in [-0.1, -0.05) is 29.8 Å². The molecule has 2 N–H and O–H groups in total. The number of ether oxygens (including phenoxy) is 1. The molecule has 6 heteroatoms. The van der Waals surface area contributed by atoms with Gasteiger partial charge in [-0.2, -0.15) is 5.10 Å². The van der Waals surface area contributed by atoms with E-state index in [0.29, 0.717) is 11.3 Å². The maximum Gasteiger partial charge on any atom is 0.259 e. The minimum atomic E-state index is -0.415. The van der Waals surface area contributed by atoms with Crippen LogP contribution in [-0.4, -0.2) is 31.7 Å². The monoisotopic (exact) mass is 325 g/mol. The third-order valence-corrected chi connectivity index (χ3v) is 3.26. The minimum absolute atomic E-state index is 0.157. The van der Waals surface area contributed by atoms with Crippen LogP contribution in [0.5, 0.6) is 5.75 Å². The van der Waals surface area contributed by atoms with Gasteiger partial charge in [-0.05, 0) is 31.2 Å². The molecule has 0 aromatic heterocycles. The highest BCUT2D eigenvalue weighted by Gasteiger charge is 2.07. The number of para-hydroxylation sites is 1. The van der Waals surface area contributed by atoms with Crippen molar-refractivity contribution < 1.29 is 14.3 Å². The second-order valence-electron chi connectivity index (χ2n) is 5.08. The third-order valence-electron chi connectivity index (χ3n) is 3.26. The Morgan fingerprint density at radius 2 is 1.83 bits per heavy atom. The summed E-state index contributed by atoms with van der Waals surface area (Å²) >= 11 is 0. The van der Waals surface area contributed by atoms with Crippen molar-refractivity contribution in [3.05, 3.63) is 65.2 Å². The summed E-state index contributed by atoms with van der Waals surface area (Å²) in [5.41, 5.74) is 4.67. The van der Waals surface area contributed by atoms with Crippen LogP contribution in [0, 0.1) is 6.92 Å². The number of hydrazone groups is 1. The van der Waals surface area contributed by atoms with Gasteiger partial charge in [-0.3, -0.25) is 9.59 Å². The summed E-state index contributed by atoms with van der Waals surface area (Å²) in [6, 6.07) is 14.4. The van der Waals surface area contributed by atoms with Crippen LogP contribution in [0.25, 0.3) is 0 Å². The van der Waals surface area contributed by atoms with Gasteiger partial charge in [-0.25, -0.2) is 5.43 Å². The quantitative estimate of drug-likeness (QED) is 0.629. The van der Waals surface area contributed by atoms with Gasteiger partial charge in [0.05, 0.1) is 19.9 Å². The Balaban J connectivity index is 1.82. The molecule has 2 aromatic rings. The fourth-order valence-electron chi connectivity index (χ4n) is 1.95. The van der Waals surface area contributed by atoms with Gasteiger partial charge >= 0.3 is 0 Å². The second-order valence-corrected chi connectivity index (χ2v) is 5.08. The fraction of sp³-hybridized carbons (Fsp3) is 0.167. The molecule has 2 rings (SSSR count). The molecule has 0 bridgehead atoms. The Morgan fingerprint density at radius 3 is 2.54 bits per heavy atom. The number of nitrogens with zero attached hydrogens (tertiary/aromatic N) is 1. The number of aryl methyl sites for hydroxylation is 1. The van der Waals surface area contributed by atoms with Crippen LogP contribution < -0.4 is 15.5 Å². The SMILES string of the molecule is COc1ccccc1C=NNC(=O)CNC(=O)c1ccc(C)cc1. The summed E-state index contributed by atoms with van der Waals surface area (Å²) in [4.78, 5) is 23.6. The lowest BCUT2D eigenvalue weighted by atomic mass is 10.1. The van der Waals surface area contributed by atoms with Crippen LogP contribution in [0.15, 0.2) is 53.6 Å². The number of hydrogen-bond donors (Lipinski definition) is 2. The first-order valence-corrected chi connectivity index (χ1v) is 7.40. The predicted molar refractivity (Wildman–Crippen MR) is 92.2 cm³/mol. The summed E-state index contributed by atoms with van der Waals surface area (Å²) < 4.78 is 5.18. The molecule has 0 unspecified atom stereocenters. The number of methoxy groups -OCH3 is 1. The molecule has 2 amide bonds. The average molecular weight is 325 g/mol. The molecule has 0 spiro atoms. The Morgan fingerprint density at radius 1 is 1.12 bits per heavy atom. The Hall–Kier alpha value is -3.15. The number of carbonyl (C=O) groups excluding carboxylic acids is 2. The summed E-state index contributed by atoms with van der Waals surface area (Å²) in [5.74, 6) is -0.0661. The maximum atomic E-state index is 11.9. The summed E-state index contributed by atoms with van der Waals surface area (Å²) in [6.07, 6.45) is 1.48. The van der Waals surface area contributed by atoms with Crippen molar-refractivity contribution in [2.45, 2.75) is 6.92 Å². The first-order chi connectivity index (χ1) is 11.6. The molecular formula is C18H19N3O3. The van der Waals surface area contributed by atoms with E-state index in [1.54, 1.807) is 25.3 Å². The molecule has 2 aromatic carbocycles. The van der Waals surface area contributed by atoms with Crippen molar-refractivity contribution >= 4 is 18.0 Å². The Bertz CT molecular complexity index is 739. The molecule has 124 valence electrons. The van der Waals surface area contributed by atoms with E-state index in [4.69, 9.17) is 4.74 Å². The van der Waals surface area contributed by atoms with Crippen molar-refractivity contribution in [2.24, 2.45) is 5.10 Å². The van der Waals surface area contributed by atoms with Gasteiger partial charge in [0.2, 0.25) is 0 Å². The topological polar surface area (TPSA) is 79.8 Å². The van der Waals surface area contributed by atoms with Crippen LogP contribution in [-0.2, 0) is 4.79 Å². The highest BCUT2D eigenvalue weighted by atomic mass is 16.5. The molecule has 6 nitrogen and oxygen atoms in total. The molecule has 0 fully saturated rings. The number of amides is 2. The summed E-state index contributed by atoms with van der Waals surface area (Å²) in [7, 11) is 1.56. The van der Waals surface area contributed by atoms with E-state index < -0.39 is 5.91 Å². The van der Waals surface area contributed by atoms with E-state index >= 15 is 0 Å². The molecule has 0 aliphatic heterocycles. The zero-order chi connectivity index (χ0) is 17.4. The van der Waals surface area contributed by atoms with Crippen LogP contribution in [0.3, 0.4) is 0 Å². The fourth-order valence-corrected chi connectivity index (χ4v) is 1.95. The van der Waals surface area contributed by atoms with Gasteiger partial charge < -0.3 is 10.1 Å². The van der Waals surface area contributed by atoms with Gasteiger partial charge in [-0.15, -0.1) is 0 Å². The Kier molecular flexibility index (Phi) is 6.08. The highest BCUT2D eigenvalue weighted by molar-refractivity contribution is 5.96. The lowest BCUT2D eigenvalue weighted by Crippen LogP contribution is -2.34. The molecule has 24 heavy (non-hydrogen) atoms. The summed E-state index contributed by atoms with van der Waals surface area (Å²) in [5, 5.41) is 6.40. The molecule has 0 heterocycles. The van der Waals surface area contributed by atoms with Gasteiger partial charge in [0.15, 0.2) is 0 Å². The lowest BCUT2D eigenvalue weighted by molar-refractivity contribution is -0.120. The Labute approximate surface area is 140 Å². The van der Waals surface area contributed by atoms with Crippen LogP contribution in [0.1, 0.15) is 21.5 Å². The van der Waals surface area contributed by atoms with E-state index in [-0.39, 0.29) is 12.5 Å². The van der Waals surface area contributed by atoms with Crippen LogP contribution >= 0.6 is 0 Å². The van der Waals surface area contributed by atoms with Gasteiger partial charge in [0, 0.05) is 11.1 Å². The largest absolute Gasteiger partial charge is 0.496 e. The number of benzene rings is 2. The number of hydrogen-bond acceptors (Lipinski definition) is 4. The molecule has 0 saturated carbocycles. The van der Waals surface area contributed by atoms with Gasteiger partial charge in [0.25, 0.3) is 11.8 Å². The predicted octanol–water partition coefficient (Wildman–Crippen LogP) is 1.88. The summed E-state index contributed by atoms with van der Waals surface area (Å²) in [6.45, 7) is 1.78. The minimum Gasteiger partial charge on any atom is -0.496 e. The number of carbonyl (C=O) groups is 2. The zero-order valence-electron chi connectivity index (χ0n) is 13.6. The maximum absolute atomic E-state index is 11.9. The van der Waals surface area contributed by atoms with Crippen molar-refractivity contribution in [2.75, 3.05) is 13.7 Å². The van der Waals surface area contributed by atoms with Crippen molar-refractivity contribution in [3.63, 3.8) is 0 Å². The lowest BCUT2D eigenvalue weighted by Gasteiger charge is -2.05. The van der Waals surface area contributed by atoms with Crippen molar-refractivity contribution in [3.8, 4) is 5.75 Å². The zero-order valence-corrected chi connectivity index (χ0v) is 13.6. The normalized spacial score (nSPS) is 10.4. The van der Waals surface area contributed by atoms with E-state index in [2.05, 4.69) is 15.8 Å². The first kappa shape index (κ1) is 17.2. The highest BCUT2D eigenvalue weighted by Crippen LogP contribution is 2.14. The van der Waals surface area contributed by atoms with Crippen LogP contribution in [0.4, 0.5) is 0 Å². The molecular weight excluding hydrogens is 306 g/mol. The number of rotatable bonds is 6. The van der Waals surface area contributed by atoms with E-state index in [1.807, 2.05) is 37.3 Å². The molecule has 0 radical (unpaired) electrons.